The Morgan fingerprint density at radius 3 is 2.63 bits per heavy atom. The van der Waals surface area contributed by atoms with E-state index in [9.17, 15) is 9.59 Å². The summed E-state index contributed by atoms with van der Waals surface area (Å²) < 4.78 is 0. The molecule has 0 fully saturated rings. The van der Waals surface area contributed by atoms with Gasteiger partial charge in [-0.1, -0.05) is 6.08 Å². The SMILES string of the molecule is C=CCN(CC(=O)O)c1cc(C)nc(C)c1C(N)=O. The molecule has 0 saturated heterocycles. The number of anilines is 1. The van der Waals surface area contributed by atoms with Crippen LogP contribution in [0.4, 0.5) is 5.69 Å². The van der Waals surface area contributed by atoms with E-state index in [1.165, 1.54) is 4.90 Å². The third-order valence-electron chi connectivity index (χ3n) is 2.57. The summed E-state index contributed by atoms with van der Waals surface area (Å²) in [7, 11) is 0. The van der Waals surface area contributed by atoms with Gasteiger partial charge < -0.3 is 15.7 Å². The minimum Gasteiger partial charge on any atom is -0.480 e. The van der Waals surface area contributed by atoms with Gasteiger partial charge in [-0.15, -0.1) is 6.58 Å². The summed E-state index contributed by atoms with van der Waals surface area (Å²) in [5, 5.41) is 8.93. The number of amides is 1. The third kappa shape index (κ3) is 3.54. The van der Waals surface area contributed by atoms with Gasteiger partial charge in [0.25, 0.3) is 5.91 Å². The van der Waals surface area contributed by atoms with Crippen LogP contribution in [-0.4, -0.2) is 35.1 Å². The second kappa shape index (κ2) is 5.99. The van der Waals surface area contributed by atoms with Crippen molar-refractivity contribution < 1.29 is 14.7 Å². The molecule has 1 rings (SSSR count). The summed E-state index contributed by atoms with van der Waals surface area (Å²) in [6.07, 6.45) is 1.57. The van der Waals surface area contributed by atoms with Crippen LogP contribution in [0.2, 0.25) is 0 Å². The van der Waals surface area contributed by atoms with Gasteiger partial charge in [-0.3, -0.25) is 14.6 Å². The Kier molecular flexibility index (Phi) is 4.63. The monoisotopic (exact) mass is 263 g/mol. The zero-order chi connectivity index (χ0) is 14.6. The van der Waals surface area contributed by atoms with Crippen molar-refractivity contribution in [1.29, 1.82) is 0 Å². The molecule has 6 nitrogen and oxygen atoms in total. The number of carbonyl (C=O) groups excluding carboxylic acids is 1. The predicted molar refractivity (Wildman–Crippen MR) is 72.3 cm³/mol. The van der Waals surface area contributed by atoms with Gasteiger partial charge >= 0.3 is 5.97 Å². The number of nitrogens with zero attached hydrogens (tertiary/aromatic N) is 2. The summed E-state index contributed by atoms with van der Waals surface area (Å²) in [4.78, 5) is 28.1. The zero-order valence-corrected chi connectivity index (χ0v) is 11.0. The molecule has 0 aliphatic rings. The topological polar surface area (TPSA) is 96.5 Å². The quantitative estimate of drug-likeness (QED) is 0.742. The molecule has 0 bridgehead atoms. The van der Waals surface area contributed by atoms with E-state index in [0.717, 1.165) is 0 Å². The molecule has 0 atom stereocenters. The predicted octanol–water partition coefficient (Wildman–Crippen LogP) is 0.874. The van der Waals surface area contributed by atoms with E-state index < -0.39 is 11.9 Å². The molecule has 0 radical (unpaired) electrons. The average molecular weight is 263 g/mol. The molecule has 1 heterocycles. The highest BCUT2D eigenvalue weighted by Gasteiger charge is 2.19. The highest BCUT2D eigenvalue weighted by atomic mass is 16.4. The van der Waals surface area contributed by atoms with Crippen LogP contribution in [0.1, 0.15) is 21.7 Å². The molecular weight excluding hydrogens is 246 g/mol. The number of carbonyl (C=O) groups is 2. The smallest absolute Gasteiger partial charge is 0.323 e. The molecule has 102 valence electrons. The first-order valence-electron chi connectivity index (χ1n) is 5.72. The van der Waals surface area contributed by atoms with Gasteiger partial charge in [0.15, 0.2) is 0 Å². The number of hydrogen-bond donors (Lipinski definition) is 2. The lowest BCUT2D eigenvalue weighted by Crippen LogP contribution is -2.32. The number of carboxylic acids is 1. The van der Waals surface area contributed by atoms with Crippen LogP contribution >= 0.6 is 0 Å². The van der Waals surface area contributed by atoms with Gasteiger partial charge in [-0.05, 0) is 19.9 Å². The summed E-state index contributed by atoms with van der Waals surface area (Å²) in [6, 6.07) is 1.65. The standard InChI is InChI=1S/C13H17N3O3/c1-4-5-16(7-11(17)18)10-6-8(2)15-9(3)12(10)13(14)19/h4,6H,1,5,7H2,2-3H3,(H2,14,19)(H,17,18). The molecule has 0 spiro atoms. The highest BCUT2D eigenvalue weighted by molar-refractivity contribution is 6.00. The molecular formula is C13H17N3O3. The van der Waals surface area contributed by atoms with E-state index in [1.54, 1.807) is 26.0 Å². The van der Waals surface area contributed by atoms with Crippen molar-refractivity contribution >= 4 is 17.6 Å². The Bertz CT molecular complexity index is 526. The first-order valence-corrected chi connectivity index (χ1v) is 5.72. The fourth-order valence-corrected chi connectivity index (χ4v) is 1.93. The molecule has 1 aromatic rings. The lowest BCUT2D eigenvalue weighted by molar-refractivity contribution is -0.135. The van der Waals surface area contributed by atoms with E-state index in [-0.39, 0.29) is 12.1 Å². The Morgan fingerprint density at radius 2 is 2.16 bits per heavy atom. The van der Waals surface area contributed by atoms with Crippen molar-refractivity contribution in [2.75, 3.05) is 18.0 Å². The maximum absolute atomic E-state index is 11.5. The maximum Gasteiger partial charge on any atom is 0.323 e. The van der Waals surface area contributed by atoms with Crippen molar-refractivity contribution in [2.45, 2.75) is 13.8 Å². The number of aliphatic carboxylic acids is 1. The molecule has 3 N–H and O–H groups in total. The van der Waals surface area contributed by atoms with Crippen LogP contribution in [0.15, 0.2) is 18.7 Å². The van der Waals surface area contributed by atoms with Gasteiger partial charge in [0.2, 0.25) is 0 Å². The lowest BCUT2D eigenvalue weighted by atomic mass is 10.1. The Labute approximate surface area is 111 Å². The summed E-state index contributed by atoms with van der Waals surface area (Å²) in [6.45, 7) is 7.09. The van der Waals surface area contributed by atoms with Crippen molar-refractivity contribution in [3.05, 3.63) is 35.7 Å². The van der Waals surface area contributed by atoms with Gasteiger partial charge in [0.1, 0.15) is 6.54 Å². The Hall–Kier alpha value is -2.37. The van der Waals surface area contributed by atoms with Crippen molar-refractivity contribution in [3.63, 3.8) is 0 Å². The molecule has 0 aromatic carbocycles. The normalized spacial score (nSPS) is 10.0. The number of rotatable bonds is 6. The number of carboxylic acid groups (broad SMARTS) is 1. The molecule has 1 aromatic heterocycles. The number of aryl methyl sites for hydroxylation is 2. The number of pyridine rings is 1. The van der Waals surface area contributed by atoms with Gasteiger partial charge in [0.05, 0.1) is 16.9 Å². The van der Waals surface area contributed by atoms with Crippen molar-refractivity contribution in [3.8, 4) is 0 Å². The average Bonchev–Trinajstić information content (AvgIpc) is 2.25. The number of primary amides is 1. The van der Waals surface area contributed by atoms with Gasteiger partial charge in [0, 0.05) is 12.2 Å². The second-order valence-corrected chi connectivity index (χ2v) is 4.17. The van der Waals surface area contributed by atoms with Gasteiger partial charge in [-0.25, -0.2) is 0 Å². The minimum atomic E-state index is -0.996. The van der Waals surface area contributed by atoms with E-state index >= 15 is 0 Å². The van der Waals surface area contributed by atoms with Crippen molar-refractivity contribution in [1.82, 2.24) is 4.98 Å². The number of aromatic nitrogens is 1. The molecule has 0 aliphatic carbocycles. The van der Waals surface area contributed by atoms with Crippen LogP contribution in [0, 0.1) is 13.8 Å². The first-order chi connectivity index (χ1) is 8.86. The third-order valence-corrected chi connectivity index (χ3v) is 2.57. The van der Waals surface area contributed by atoms with Gasteiger partial charge in [-0.2, -0.15) is 0 Å². The molecule has 0 aliphatic heterocycles. The summed E-state index contributed by atoms with van der Waals surface area (Å²) in [5.41, 5.74) is 7.25. The van der Waals surface area contributed by atoms with Crippen LogP contribution in [0.5, 0.6) is 0 Å². The van der Waals surface area contributed by atoms with Crippen molar-refractivity contribution in [2.24, 2.45) is 5.73 Å². The fraction of sp³-hybridized carbons (Fsp3) is 0.308. The lowest BCUT2D eigenvalue weighted by Gasteiger charge is -2.24. The van der Waals surface area contributed by atoms with E-state index in [2.05, 4.69) is 11.6 Å². The minimum absolute atomic E-state index is 0.241. The Balaban J connectivity index is 3.38. The zero-order valence-electron chi connectivity index (χ0n) is 11.0. The first kappa shape index (κ1) is 14.7. The van der Waals surface area contributed by atoms with Crippen LogP contribution in [0.3, 0.4) is 0 Å². The van der Waals surface area contributed by atoms with E-state index in [0.29, 0.717) is 23.6 Å². The second-order valence-electron chi connectivity index (χ2n) is 4.17. The maximum atomic E-state index is 11.5. The number of nitrogens with two attached hydrogens (primary N) is 1. The molecule has 6 heteroatoms. The summed E-state index contributed by atoms with van der Waals surface area (Å²) in [5.74, 6) is -1.62. The summed E-state index contributed by atoms with van der Waals surface area (Å²) >= 11 is 0. The Morgan fingerprint density at radius 1 is 1.53 bits per heavy atom. The highest BCUT2D eigenvalue weighted by Crippen LogP contribution is 2.23. The van der Waals surface area contributed by atoms with Crippen LogP contribution in [0.25, 0.3) is 0 Å². The fourth-order valence-electron chi connectivity index (χ4n) is 1.93. The van der Waals surface area contributed by atoms with Crippen LogP contribution in [-0.2, 0) is 4.79 Å². The van der Waals surface area contributed by atoms with E-state index in [1.807, 2.05) is 0 Å². The largest absolute Gasteiger partial charge is 0.480 e. The van der Waals surface area contributed by atoms with E-state index in [4.69, 9.17) is 10.8 Å². The molecule has 19 heavy (non-hydrogen) atoms. The number of hydrogen-bond acceptors (Lipinski definition) is 4. The van der Waals surface area contributed by atoms with Crippen LogP contribution < -0.4 is 10.6 Å². The molecule has 0 unspecified atom stereocenters. The molecule has 0 saturated carbocycles. The molecule has 1 amide bonds.